The largest absolute Gasteiger partial charge is 0.395 e. The third-order valence-electron chi connectivity index (χ3n) is 3.14. The molecule has 0 unspecified atom stereocenters. The van der Waals surface area contributed by atoms with Crippen molar-refractivity contribution in [1.29, 1.82) is 0 Å². The molecule has 1 aliphatic carbocycles. The van der Waals surface area contributed by atoms with Crippen molar-refractivity contribution in [1.82, 2.24) is 4.90 Å². The van der Waals surface area contributed by atoms with Crippen molar-refractivity contribution < 1.29 is 9.84 Å². The van der Waals surface area contributed by atoms with E-state index >= 15 is 0 Å². The van der Waals surface area contributed by atoms with Gasteiger partial charge in [0.05, 0.1) is 13.2 Å². The molecule has 3 nitrogen and oxygen atoms in total. The van der Waals surface area contributed by atoms with Crippen molar-refractivity contribution in [3.05, 3.63) is 0 Å². The highest BCUT2D eigenvalue weighted by atomic mass is 16.5. The maximum atomic E-state index is 8.96. The number of aliphatic hydroxyl groups is 1. The van der Waals surface area contributed by atoms with Gasteiger partial charge in [-0.15, -0.1) is 0 Å². The summed E-state index contributed by atoms with van der Waals surface area (Å²) >= 11 is 0. The molecule has 0 radical (unpaired) electrons. The molecule has 1 aliphatic rings. The quantitative estimate of drug-likeness (QED) is 0.594. The maximum Gasteiger partial charge on any atom is 0.0593 e. The van der Waals surface area contributed by atoms with Crippen LogP contribution in [0.1, 0.15) is 39.0 Å². The van der Waals surface area contributed by atoms with Crippen molar-refractivity contribution >= 4 is 0 Å². The fraction of sp³-hybridized carbons (Fsp3) is 1.00. The van der Waals surface area contributed by atoms with Crippen LogP contribution in [0.3, 0.4) is 0 Å². The van der Waals surface area contributed by atoms with Crippen LogP contribution in [0, 0.1) is 0 Å². The standard InChI is InChI=1S/C12H25NO2/c1-2-3-10-15-11-8-13(7-9-14)12-5-4-6-12/h12,14H,2-11H2,1H3. The van der Waals surface area contributed by atoms with Crippen LogP contribution in [0.2, 0.25) is 0 Å². The number of rotatable bonds is 9. The van der Waals surface area contributed by atoms with E-state index < -0.39 is 0 Å². The molecule has 0 bridgehead atoms. The Hall–Kier alpha value is -0.120. The summed E-state index contributed by atoms with van der Waals surface area (Å²) in [5, 5.41) is 8.96. The van der Waals surface area contributed by atoms with Crippen molar-refractivity contribution in [2.45, 2.75) is 45.1 Å². The van der Waals surface area contributed by atoms with E-state index in [0.717, 1.165) is 32.7 Å². The summed E-state index contributed by atoms with van der Waals surface area (Å²) in [4.78, 5) is 2.37. The Morgan fingerprint density at radius 2 is 2.07 bits per heavy atom. The Bertz CT molecular complexity index is 149. The Morgan fingerprint density at radius 1 is 1.27 bits per heavy atom. The minimum absolute atomic E-state index is 0.269. The summed E-state index contributed by atoms with van der Waals surface area (Å²) in [7, 11) is 0. The van der Waals surface area contributed by atoms with Crippen LogP contribution in [0.4, 0.5) is 0 Å². The Labute approximate surface area is 93.4 Å². The third kappa shape index (κ3) is 4.96. The molecule has 0 aromatic heterocycles. The summed E-state index contributed by atoms with van der Waals surface area (Å²) < 4.78 is 5.55. The fourth-order valence-electron chi connectivity index (χ4n) is 1.89. The zero-order chi connectivity index (χ0) is 10.9. The first kappa shape index (κ1) is 12.9. The SMILES string of the molecule is CCCCOCCN(CCO)C1CCC1. The van der Waals surface area contributed by atoms with Crippen LogP contribution >= 0.6 is 0 Å². The molecule has 0 saturated heterocycles. The molecule has 1 rings (SSSR count). The van der Waals surface area contributed by atoms with Crippen molar-refractivity contribution in [3.63, 3.8) is 0 Å². The minimum atomic E-state index is 0.269. The normalized spacial score (nSPS) is 17.0. The zero-order valence-corrected chi connectivity index (χ0v) is 9.95. The number of hydrogen-bond acceptors (Lipinski definition) is 3. The maximum absolute atomic E-state index is 8.96. The Balaban J connectivity index is 2.03. The lowest BCUT2D eigenvalue weighted by Gasteiger charge is -2.37. The van der Waals surface area contributed by atoms with E-state index in [0.29, 0.717) is 6.04 Å². The van der Waals surface area contributed by atoms with Crippen LogP contribution in [0.25, 0.3) is 0 Å². The lowest BCUT2D eigenvalue weighted by atomic mass is 9.91. The second-order valence-corrected chi connectivity index (χ2v) is 4.31. The van der Waals surface area contributed by atoms with E-state index in [-0.39, 0.29) is 6.61 Å². The highest BCUT2D eigenvalue weighted by molar-refractivity contribution is 4.79. The van der Waals surface area contributed by atoms with Gasteiger partial charge >= 0.3 is 0 Å². The topological polar surface area (TPSA) is 32.7 Å². The first-order valence-electron chi connectivity index (χ1n) is 6.31. The lowest BCUT2D eigenvalue weighted by molar-refractivity contribution is 0.0525. The number of unbranched alkanes of at least 4 members (excludes halogenated alkanes) is 1. The second kappa shape index (κ2) is 8.08. The number of aliphatic hydroxyl groups excluding tert-OH is 1. The van der Waals surface area contributed by atoms with Crippen molar-refractivity contribution in [2.24, 2.45) is 0 Å². The molecule has 0 aromatic rings. The van der Waals surface area contributed by atoms with Gasteiger partial charge in [0.25, 0.3) is 0 Å². The monoisotopic (exact) mass is 215 g/mol. The summed E-state index contributed by atoms with van der Waals surface area (Å²) in [6.45, 7) is 5.93. The predicted molar refractivity (Wildman–Crippen MR) is 62.0 cm³/mol. The minimum Gasteiger partial charge on any atom is -0.395 e. The number of nitrogens with zero attached hydrogens (tertiary/aromatic N) is 1. The zero-order valence-electron chi connectivity index (χ0n) is 9.95. The highest BCUT2D eigenvalue weighted by Crippen LogP contribution is 2.24. The second-order valence-electron chi connectivity index (χ2n) is 4.31. The van der Waals surface area contributed by atoms with Crippen LogP contribution in [-0.4, -0.2) is 49.0 Å². The summed E-state index contributed by atoms with van der Waals surface area (Å²) in [6.07, 6.45) is 6.31. The van der Waals surface area contributed by atoms with E-state index in [1.807, 2.05) is 0 Å². The molecule has 3 heteroatoms. The molecule has 0 aromatic carbocycles. The van der Waals surface area contributed by atoms with Gasteiger partial charge in [-0.3, -0.25) is 4.90 Å². The van der Waals surface area contributed by atoms with Gasteiger partial charge in [-0.25, -0.2) is 0 Å². The molecule has 0 heterocycles. The van der Waals surface area contributed by atoms with Gasteiger partial charge in [-0.05, 0) is 19.3 Å². The molecule has 0 aliphatic heterocycles. The van der Waals surface area contributed by atoms with E-state index in [9.17, 15) is 0 Å². The van der Waals surface area contributed by atoms with E-state index in [1.54, 1.807) is 0 Å². The van der Waals surface area contributed by atoms with Gasteiger partial charge < -0.3 is 9.84 Å². The van der Waals surface area contributed by atoms with Crippen molar-refractivity contribution in [2.75, 3.05) is 32.9 Å². The molecule has 1 N–H and O–H groups in total. The van der Waals surface area contributed by atoms with Crippen LogP contribution in [0.5, 0.6) is 0 Å². The Kier molecular flexibility index (Phi) is 6.98. The highest BCUT2D eigenvalue weighted by Gasteiger charge is 2.23. The molecule has 0 amide bonds. The van der Waals surface area contributed by atoms with Crippen LogP contribution in [0.15, 0.2) is 0 Å². The molecular formula is C12H25NO2. The molecule has 1 saturated carbocycles. The third-order valence-corrected chi connectivity index (χ3v) is 3.14. The first-order chi connectivity index (χ1) is 7.38. The summed E-state index contributed by atoms with van der Waals surface area (Å²) in [5.41, 5.74) is 0. The van der Waals surface area contributed by atoms with Gasteiger partial charge in [0.2, 0.25) is 0 Å². The lowest BCUT2D eigenvalue weighted by Crippen LogP contribution is -2.43. The Morgan fingerprint density at radius 3 is 2.60 bits per heavy atom. The average Bonchev–Trinajstić information content (AvgIpc) is 2.15. The van der Waals surface area contributed by atoms with E-state index in [4.69, 9.17) is 9.84 Å². The summed E-state index contributed by atoms with van der Waals surface area (Å²) in [5.74, 6) is 0. The molecule has 1 fully saturated rings. The summed E-state index contributed by atoms with van der Waals surface area (Å²) in [6, 6.07) is 0.715. The molecule has 90 valence electrons. The van der Waals surface area contributed by atoms with Crippen LogP contribution in [-0.2, 0) is 4.74 Å². The smallest absolute Gasteiger partial charge is 0.0593 e. The van der Waals surface area contributed by atoms with E-state index in [2.05, 4.69) is 11.8 Å². The van der Waals surface area contributed by atoms with Gasteiger partial charge in [-0.1, -0.05) is 19.8 Å². The average molecular weight is 215 g/mol. The molecule has 0 spiro atoms. The van der Waals surface area contributed by atoms with Gasteiger partial charge in [-0.2, -0.15) is 0 Å². The first-order valence-corrected chi connectivity index (χ1v) is 6.31. The molecule has 0 atom stereocenters. The van der Waals surface area contributed by atoms with Crippen LogP contribution < -0.4 is 0 Å². The van der Waals surface area contributed by atoms with Gasteiger partial charge in [0.1, 0.15) is 0 Å². The number of hydrogen-bond donors (Lipinski definition) is 1. The molecular weight excluding hydrogens is 190 g/mol. The van der Waals surface area contributed by atoms with Gasteiger partial charge in [0, 0.05) is 25.7 Å². The van der Waals surface area contributed by atoms with Crippen molar-refractivity contribution in [3.8, 4) is 0 Å². The molecule has 15 heavy (non-hydrogen) atoms. The van der Waals surface area contributed by atoms with Gasteiger partial charge in [0.15, 0.2) is 0 Å². The fourth-order valence-corrected chi connectivity index (χ4v) is 1.89. The van der Waals surface area contributed by atoms with E-state index in [1.165, 1.54) is 25.7 Å². The predicted octanol–water partition coefficient (Wildman–Crippen LogP) is 1.65. The number of ether oxygens (including phenoxy) is 1.